The van der Waals surface area contributed by atoms with E-state index in [1.165, 1.54) is 0 Å². The van der Waals surface area contributed by atoms with Crippen LogP contribution in [0.4, 0.5) is 14.5 Å². The zero-order chi connectivity index (χ0) is 12.6. The molecule has 0 aliphatic carbocycles. The number of nitro groups is 1. The summed E-state index contributed by atoms with van der Waals surface area (Å²) in [5.74, 6) is 0. The lowest BCUT2D eigenvalue weighted by Gasteiger charge is -2.08. The number of halogens is 3. The van der Waals surface area contributed by atoms with E-state index in [-0.39, 0.29) is 0 Å². The average molecular weight is 272 g/mol. The first-order valence-electron chi connectivity index (χ1n) is 3.72. The van der Waals surface area contributed by atoms with Crippen LogP contribution < -0.4 is 0 Å². The summed E-state index contributed by atoms with van der Waals surface area (Å²) >= 11 is 4.41. The zero-order valence-electron chi connectivity index (χ0n) is 7.43. The molecule has 0 spiro atoms. The lowest BCUT2D eigenvalue weighted by Crippen LogP contribution is -2.21. The van der Waals surface area contributed by atoms with Crippen molar-refractivity contribution in [2.24, 2.45) is 0 Å². The van der Waals surface area contributed by atoms with Crippen molar-refractivity contribution < 1.29 is 22.1 Å². The first-order chi connectivity index (χ1) is 7.16. The maximum absolute atomic E-state index is 12.5. The third kappa shape index (κ3) is 2.27. The molecule has 9 heteroatoms. The van der Waals surface area contributed by atoms with Gasteiger partial charge in [0.25, 0.3) is 15.5 Å². The Kier molecular flexibility index (Phi) is 3.15. The molecule has 0 saturated carbocycles. The summed E-state index contributed by atoms with van der Waals surface area (Å²) in [4.78, 5) is 8.68. The van der Waals surface area contributed by atoms with Gasteiger partial charge in [-0.2, -0.15) is 8.78 Å². The van der Waals surface area contributed by atoms with Crippen molar-refractivity contribution in [2.75, 3.05) is 0 Å². The van der Waals surface area contributed by atoms with Crippen molar-refractivity contribution in [1.29, 1.82) is 0 Å². The van der Waals surface area contributed by atoms with Crippen molar-refractivity contribution in [1.82, 2.24) is 0 Å². The van der Waals surface area contributed by atoms with Gasteiger partial charge >= 0.3 is 4.71 Å². The van der Waals surface area contributed by atoms with Gasteiger partial charge in [-0.3, -0.25) is 10.1 Å². The molecular formula is C7H4ClF2NO4S. The molecule has 5 nitrogen and oxygen atoms in total. The van der Waals surface area contributed by atoms with Gasteiger partial charge in [-0.15, -0.1) is 0 Å². The van der Waals surface area contributed by atoms with E-state index in [4.69, 9.17) is 0 Å². The summed E-state index contributed by atoms with van der Waals surface area (Å²) in [6, 6.07) is 3.00. The monoisotopic (exact) mass is 271 g/mol. The molecule has 0 bridgehead atoms. The Morgan fingerprint density at radius 3 is 2.00 bits per heavy atom. The van der Waals surface area contributed by atoms with E-state index in [2.05, 4.69) is 11.6 Å². The highest BCUT2D eigenvalue weighted by Crippen LogP contribution is 2.33. The molecule has 0 unspecified atom stereocenters. The van der Waals surface area contributed by atoms with Gasteiger partial charge in [0.15, 0.2) is 0 Å². The van der Waals surface area contributed by atoms with E-state index in [9.17, 15) is 27.3 Å². The smallest absolute Gasteiger partial charge is 0.258 e. The Morgan fingerprint density at radius 2 is 1.69 bits per heavy atom. The number of non-ortho nitro benzene ring substituents is 1. The first kappa shape index (κ1) is 12.8. The fraction of sp³-hybridized carbons (Fsp3) is 0.143. The van der Waals surface area contributed by atoms with E-state index < -0.39 is 30.1 Å². The maximum Gasteiger partial charge on any atom is 0.427 e. The normalized spacial score (nSPS) is 12.4. The maximum atomic E-state index is 12.5. The number of alkyl halides is 3. The second-order valence-electron chi connectivity index (χ2n) is 2.70. The van der Waals surface area contributed by atoms with Crippen molar-refractivity contribution in [3.63, 3.8) is 0 Å². The van der Waals surface area contributed by atoms with Crippen LogP contribution in [0.1, 0.15) is 0 Å². The molecule has 1 rings (SSSR count). The molecule has 0 N–H and O–H groups in total. The van der Waals surface area contributed by atoms with Crippen LogP contribution in [0.3, 0.4) is 0 Å². The second kappa shape index (κ2) is 3.95. The molecule has 88 valence electrons. The highest BCUT2D eigenvalue weighted by atomic mass is 35.5. The summed E-state index contributed by atoms with van der Waals surface area (Å²) in [5.41, 5.74) is -0.406. The van der Waals surface area contributed by atoms with Crippen molar-refractivity contribution in [3.8, 4) is 0 Å². The lowest BCUT2D eigenvalue weighted by molar-refractivity contribution is -0.384. The molecular weight excluding hydrogens is 268 g/mol. The number of nitro benzene ring substituents is 1. The van der Waals surface area contributed by atoms with E-state index in [0.717, 1.165) is 12.1 Å². The lowest BCUT2D eigenvalue weighted by atomic mass is 10.3. The van der Waals surface area contributed by atoms with Crippen LogP contribution in [0.25, 0.3) is 0 Å². The molecule has 0 atom stereocenters. The Labute approximate surface area is 93.7 Å². The fourth-order valence-electron chi connectivity index (χ4n) is 0.881. The van der Waals surface area contributed by atoms with Gasteiger partial charge in [0.1, 0.15) is 0 Å². The number of sulfone groups is 1. The minimum absolute atomic E-state index is 0.406. The van der Waals surface area contributed by atoms with Crippen molar-refractivity contribution in [3.05, 3.63) is 34.4 Å². The minimum Gasteiger partial charge on any atom is -0.258 e. The molecule has 0 aliphatic rings. The molecule has 0 fully saturated rings. The second-order valence-corrected chi connectivity index (χ2v) is 5.39. The summed E-state index contributed by atoms with van der Waals surface area (Å²) in [6.45, 7) is 0. The Bertz CT molecular complexity index is 508. The van der Waals surface area contributed by atoms with E-state index in [0.29, 0.717) is 12.1 Å². The fourth-order valence-corrected chi connectivity index (χ4v) is 1.91. The summed E-state index contributed by atoms with van der Waals surface area (Å²) < 4.78 is 42.7. The van der Waals surface area contributed by atoms with Crippen LogP contribution in [-0.2, 0) is 9.84 Å². The third-order valence-corrected chi connectivity index (χ3v) is 3.77. The molecule has 1 aromatic rings. The van der Waals surface area contributed by atoms with Gasteiger partial charge in [0.05, 0.1) is 9.82 Å². The molecule has 0 saturated heterocycles. The molecule has 16 heavy (non-hydrogen) atoms. The topological polar surface area (TPSA) is 77.3 Å². The highest BCUT2D eigenvalue weighted by molar-refractivity contribution is 7.93. The van der Waals surface area contributed by atoms with Gasteiger partial charge in [-0.05, 0) is 23.7 Å². The van der Waals surface area contributed by atoms with Gasteiger partial charge < -0.3 is 0 Å². The predicted octanol–water partition coefficient (Wildman–Crippen LogP) is 2.16. The summed E-state index contributed by atoms with van der Waals surface area (Å²) in [5, 5.41) is 10.2. The van der Waals surface area contributed by atoms with Gasteiger partial charge in [-0.1, -0.05) is 0 Å². The number of nitrogens with zero attached hydrogens (tertiary/aromatic N) is 1. The van der Waals surface area contributed by atoms with Crippen LogP contribution in [-0.4, -0.2) is 18.1 Å². The van der Waals surface area contributed by atoms with Crippen LogP contribution in [0.5, 0.6) is 0 Å². The van der Waals surface area contributed by atoms with Crippen molar-refractivity contribution >= 4 is 27.1 Å². The number of benzene rings is 1. The third-order valence-electron chi connectivity index (χ3n) is 1.66. The molecule has 0 aromatic heterocycles. The minimum atomic E-state index is -5.01. The molecule has 0 amide bonds. The van der Waals surface area contributed by atoms with Crippen LogP contribution in [0, 0.1) is 10.1 Å². The summed E-state index contributed by atoms with van der Waals surface area (Å²) in [6.07, 6.45) is 0. The molecule has 0 heterocycles. The van der Waals surface area contributed by atoms with E-state index in [1.807, 2.05) is 0 Å². The van der Waals surface area contributed by atoms with Gasteiger partial charge in [0.2, 0.25) is 0 Å². The Morgan fingerprint density at radius 1 is 1.25 bits per heavy atom. The zero-order valence-corrected chi connectivity index (χ0v) is 9.00. The number of hydrogen-bond donors (Lipinski definition) is 0. The number of rotatable bonds is 3. The van der Waals surface area contributed by atoms with Gasteiger partial charge in [-0.25, -0.2) is 8.42 Å². The van der Waals surface area contributed by atoms with E-state index in [1.54, 1.807) is 0 Å². The standard InChI is InChI=1S/C7H4ClF2NO4S/c8-7(9,10)16(14,15)6-3-1-5(2-4-6)11(12)13/h1-4H. The number of hydrogen-bond acceptors (Lipinski definition) is 4. The van der Waals surface area contributed by atoms with Gasteiger partial charge in [0, 0.05) is 12.1 Å². The summed E-state index contributed by atoms with van der Waals surface area (Å²) in [7, 11) is -5.01. The predicted molar refractivity (Wildman–Crippen MR) is 51.1 cm³/mol. The van der Waals surface area contributed by atoms with Crippen molar-refractivity contribution in [2.45, 2.75) is 9.61 Å². The largest absolute Gasteiger partial charge is 0.427 e. The quantitative estimate of drug-likeness (QED) is 0.479. The SMILES string of the molecule is O=[N+]([O-])c1ccc(S(=O)(=O)C(F)(F)Cl)cc1. The molecule has 0 aliphatic heterocycles. The van der Waals surface area contributed by atoms with Crippen LogP contribution in [0.15, 0.2) is 29.2 Å². The average Bonchev–Trinajstić information content (AvgIpc) is 2.16. The van der Waals surface area contributed by atoms with Crippen LogP contribution in [0.2, 0.25) is 0 Å². The highest BCUT2D eigenvalue weighted by Gasteiger charge is 2.44. The molecule has 0 radical (unpaired) electrons. The van der Waals surface area contributed by atoms with E-state index >= 15 is 0 Å². The first-order valence-corrected chi connectivity index (χ1v) is 5.58. The van der Waals surface area contributed by atoms with Crippen LogP contribution >= 0.6 is 11.6 Å². The Balaban J connectivity index is 3.23. The molecule has 1 aromatic carbocycles. The Hall–Kier alpha value is -1.28.